The van der Waals surface area contributed by atoms with Gasteiger partial charge in [-0.05, 0) is 37.5 Å². The molecule has 0 aliphatic heterocycles. The molecule has 0 atom stereocenters. The lowest BCUT2D eigenvalue weighted by atomic mass is 10.0. The first-order chi connectivity index (χ1) is 11.0. The van der Waals surface area contributed by atoms with Gasteiger partial charge in [0, 0.05) is 24.8 Å². The van der Waals surface area contributed by atoms with E-state index in [9.17, 15) is 4.79 Å². The van der Waals surface area contributed by atoms with E-state index in [-0.39, 0.29) is 5.91 Å². The summed E-state index contributed by atoms with van der Waals surface area (Å²) in [6.45, 7) is 10.1. The van der Waals surface area contributed by atoms with E-state index in [1.54, 1.807) is 6.07 Å². The Kier molecular flexibility index (Phi) is 5.68. The molecule has 5 nitrogen and oxygen atoms in total. The lowest BCUT2D eigenvalue weighted by molar-refractivity contribution is 0.102. The molecule has 5 heteroatoms. The van der Waals surface area contributed by atoms with Crippen LogP contribution in [0.5, 0.6) is 0 Å². The molecule has 0 bridgehead atoms. The van der Waals surface area contributed by atoms with E-state index in [1.165, 1.54) is 11.9 Å². The molecular formula is C18H24N4O. The topological polar surface area (TPSA) is 58.1 Å². The van der Waals surface area contributed by atoms with Crippen molar-refractivity contribution in [3.63, 3.8) is 0 Å². The van der Waals surface area contributed by atoms with Crippen LogP contribution in [0.4, 0.5) is 11.5 Å². The summed E-state index contributed by atoms with van der Waals surface area (Å²) in [6, 6.07) is 9.62. The van der Waals surface area contributed by atoms with Crippen LogP contribution in [0.25, 0.3) is 0 Å². The van der Waals surface area contributed by atoms with Gasteiger partial charge < -0.3 is 10.2 Å². The first kappa shape index (κ1) is 16.9. The predicted molar refractivity (Wildman–Crippen MR) is 94.1 cm³/mol. The van der Waals surface area contributed by atoms with Gasteiger partial charge in [-0.15, -0.1) is 0 Å². The molecule has 0 aliphatic rings. The van der Waals surface area contributed by atoms with Crippen molar-refractivity contribution in [3.05, 3.63) is 47.9 Å². The van der Waals surface area contributed by atoms with Gasteiger partial charge in [0.15, 0.2) is 0 Å². The van der Waals surface area contributed by atoms with Crippen LogP contribution in [-0.2, 0) is 0 Å². The highest BCUT2D eigenvalue weighted by Gasteiger charge is 2.11. The monoisotopic (exact) mass is 312 g/mol. The second-order valence-corrected chi connectivity index (χ2v) is 5.66. The third-order valence-corrected chi connectivity index (χ3v) is 3.81. The van der Waals surface area contributed by atoms with E-state index in [1.807, 2.05) is 24.3 Å². The zero-order valence-corrected chi connectivity index (χ0v) is 14.2. The minimum Gasteiger partial charge on any atom is -0.357 e. The zero-order chi connectivity index (χ0) is 16.8. The smallest absolute Gasteiger partial charge is 0.274 e. The van der Waals surface area contributed by atoms with Crippen LogP contribution in [0.15, 0.2) is 36.7 Å². The normalized spacial score (nSPS) is 10.7. The summed E-state index contributed by atoms with van der Waals surface area (Å²) < 4.78 is 0. The highest BCUT2D eigenvalue weighted by atomic mass is 16.1. The van der Waals surface area contributed by atoms with E-state index in [0.29, 0.717) is 11.6 Å². The van der Waals surface area contributed by atoms with Gasteiger partial charge in [0.1, 0.15) is 17.8 Å². The molecule has 0 radical (unpaired) electrons. The average molecular weight is 312 g/mol. The molecule has 1 aromatic heterocycles. The maximum Gasteiger partial charge on any atom is 0.274 e. The van der Waals surface area contributed by atoms with Crippen molar-refractivity contribution in [3.8, 4) is 0 Å². The number of carbonyl (C=O) groups excluding carboxylic acids is 1. The first-order valence-corrected chi connectivity index (χ1v) is 8.03. The van der Waals surface area contributed by atoms with Gasteiger partial charge in [0.25, 0.3) is 5.91 Å². The van der Waals surface area contributed by atoms with Crippen molar-refractivity contribution >= 4 is 17.4 Å². The summed E-state index contributed by atoms with van der Waals surface area (Å²) in [5.74, 6) is 1.02. The Hall–Kier alpha value is -2.43. The van der Waals surface area contributed by atoms with Crippen LogP contribution >= 0.6 is 0 Å². The molecule has 2 aromatic rings. The summed E-state index contributed by atoms with van der Waals surface area (Å²) in [4.78, 5) is 22.8. The summed E-state index contributed by atoms with van der Waals surface area (Å²) in [5, 5.41) is 2.88. The fraction of sp³-hybridized carbons (Fsp3) is 0.389. The summed E-state index contributed by atoms with van der Waals surface area (Å²) in [5.41, 5.74) is 2.38. The zero-order valence-electron chi connectivity index (χ0n) is 14.2. The van der Waals surface area contributed by atoms with E-state index < -0.39 is 0 Å². The molecule has 0 saturated heterocycles. The average Bonchev–Trinajstić information content (AvgIpc) is 2.57. The number of benzene rings is 1. The standard InChI is InChI=1S/C18H24N4O/c1-5-22(6-2)17-11-16(19-12-20-17)18(23)21-15-9-7-14(8-10-15)13(3)4/h7-13H,5-6H2,1-4H3,(H,21,23). The van der Waals surface area contributed by atoms with E-state index >= 15 is 0 Å². The maximum atomic E-state index is 12.4. The molecule has 23 heavy (non-hydrogen) atoms. The molecule has 1 aromatic carbocycles. The SMILES string of the molecule is CCN(CC)c1cc(C(=O)Nc2ccc(C(C)C)cc2)ncn1. The lowest BCUT2D eigenvalue weighted by Crippen LogP contribution is -2.24. The Labute approximate surface area is 137 Å². The number of anilines is 2. The van der Waals surface area contributed by atoms with Gasteiger partial charge in [-0.3, -0.25) is 4.79 Å². The van der Waals surface area contributed by atoms with Crippen LogP contribution in [0.3, 0.4) is 0 Å². The fourth-order valence-corrected chi connectivity index (χ4v) is 2.34. The van der Waals surface area contributed by atoms with Gasteiger partial charge in [-0.2, -0.15) is 0 Å². The van der Waals surface area contributed by atoms with Gasteiger partial charge in [-0.25, -0.2) is 9.97 Å². The van der Waals surface area contributed by atoms with E-state index in [2.05, 4.69) is 47.9 Å². The quantitative estimate of drug-likeness (QED) is 0.883. The third-order valence-electron chi connectivity index (χ3n) is 3.81. The molecule has 0 aliphatic carbocycles. The molecule has 0 unspecified atom stereocenters. The van der Waals surface area contributed by atoms with Crippen molar-refractivity contribution in [1.29, 1.82) is 0 Å². The van der Waals surface area contributed by atoms with Crippen molar-refractivity contribution in [2.24, 2.45) is 0 Å². The summed E-state index contributed by atoms with van der Waals surface area (Å²) in [6.07, 6.45) is 1.43. The van der Waals surface area contributed by atoms with Crippen LogP contribution in [0, 0.1) is 0 Å². The Bertz CT molecular complexity index is 648. The van der Waals surface area contributed by atoms with Gasteiger partial charge in [-0.1, -0.05) is 26.0 Å². The second-order valence-electron chi connectivity index (χ2n) is 5.66. The Balaban J connectivity index is 2.12. The third kappa shape index (κ3) is 4.28. The summed E-state index contributed by atoms with van der Waals surface area (Å²) >= 11 is 0. The van der Waals surface area contributed by atoms with Crippen LogP contribution in [0.1, 0.15) is 49.7 Å². The van der Waals surface area contributed by atoms with Crippen molar-refractivity contribution in [2.45, 2.75) is 33.6 Å². The molecule has 0 saturated carbocycles. The Morgan fingerprint density at radius 3 is 2.35 bits per heavy atom. The van der Waals surface area contributed by atoms with Crippen LogP contribution in [-0.4, -0.2) is 29.0 Å². The lowest BCUT2D eigenvalue weighted by Gasteiger charge is -2.19. The number of nitrogens with one attached hydrogen (secondary N) is 1. The number of hydrogen-bond acceptors (Lipinski definition) is 4. The van der Waals surface area contributed by atoms with E-state index in [0.717, 1.165) is 24.6 Å². The molecule has 2 rings (SSSR count). The highest BCUT2D eigenvalue weighted by molar-refractivity contribution is 6.03. The highest BCUT2D eigenvalue weighted by Crippen LogP contribution is 2.18. The minimum atomic E-state index is -0.224. The minimum absolute atomic E-state index is 0.224. The van der Waals surface area contributed by atoms with Crippen molar-refractivity contribution in [1.82, 2.24) is 9.97 Å². The fourth-order valence-electron chi connectivity index (χ4n) is 2.34. The molecule has 122 valence electrons. The molecule has 1 N–H and O–H groups in total. The van der Waals surface area contributed by atoms with Crippen molar-refractivity contribution in [2.75, 3.05) is 23.3 Å². The number of rotatable bonds is 6. The van der Waals surface area contributed by atoms with Gasteiger partial charge in [0.2, 0.25) is 0 Å². The Morgan fingerprint density at radius 1 is 1.13 bits per heavy atom. The Morgan fingerprint density at radius 2 is 1.78 bits per heavy atom. The van der Waals surface area contributed by atoms with Gasteiger partial charge >= 0.3 is 0 Å². The predicted octanol–water partition coefficient (Wildman–Crippen LogP) is 3.70. The van der Waals surface area contributed by atoms with Crippen molar-refractivity contribution < 1.29 is 4.79 Å². The number of aromatic nitrogens is 2. The number of nitrogens with zero attached hydrogens (tertiary/aromatic N) is 3. The number of hydrogen-bond donors (Lipinski definition) is 1. The maximum absolute atomic E-state index is 12.4. The largest absolute Gasteiger partial charge is 0.357 e. The summed E-state index contributed by atoms with van der Waals surface area (Å²) in [7, 11) is 0. The molecule has 0 spiro atoms. The molecule has 1 amide bonds. The second kappa shape index (κ2) is 7.72. The number of amides is 1. The number of carbonyl (C=O) groups is 1. The molecule has 1 heterocycles. The van der Waals surface area contributed by atoms with Gasteiger partial charge in [0.05, 0.1) is 0 Å². The first-order valence-electron chi connectivity index (χ1n) is 8.03. The van der Waals surface area contributed by atoms with Crippen LogP contribution < -0.4 is 10.2 Å². The molecule has 0 fully saturated rings. The molecular weight excluding hydrogens is 288 g/mol. The van der Waals surface area contributed by atoms with E-state index in [4.69, 9.17) is 0 Å². The van der Waals surface area contributed by atoms with Crippen LogP contribution in [0.2, 0.25) is 0 Å².